The molecule has 0 unspecified atom stereocenters. The Bertz CT molecular complexity index is 2010. The van der Waals surface area contributed by atoms with Gasteiger partial charge in [-0.1, -0.05) is 77.5 Å². The maximum absolute atomic E-state index is 14.1. The normalized spacial score (nSPS) is 15.0. The van der Waals surface area contributed by atoms with Gasteiger partial charge >= 0.3 is 5.97 Å². The van der Waals surface area contributed by atoms with Gasteiger partial charge in [-0.3, -0.25) is 9.36 Å². The van der Waals surface area contributed by atoms with Crippen LogP contribution in [0.15, 0.2) is 106 Å². The van der Waals surface area contributed by atoms with Gasteiger partial charge in [-0.05, 0) is 49.8 Å². The molecule has 5 aromatic rings. The first-order valence-corrected chi connectivity index (χ1v) is 14.9. The summed E-state index contributed by atoms with van der Waals surface area (Å²) in [6.45, 7) is 4.85. The number of nitrogens with zero attached hydrogens (tertiary/aromatic N) is 3. The number of carbonyl (C=O) groups is 1. The van der Waals surface area contributed by atoms with Gasteiger partial charge in [0.05, 0.1) is 29.0 Å². The molecule has 3 aromatic carbocycles. The summed E-state index contributed by atoms with van der Waals surface area (Å²) in [5, 5.41) is 1.48. The SMILES string of the molecule is CCOC(=O)C1=C(C)N=c2s/c(=C/c3cn(CCOc4ccccc4)c4ccccc34)c(=O)n2[C@H]1c1ccccc1Cl. The molecule has 1 atom stereocenters. The van der Waals surface area contributed by atoms with Crippen LogP contribution in [0.2, 0.25) is 5.02 Å². The second kappa shape index (κ2) is 11.8. The summed E-state index contributed by atoms with van der Waals surface area (Å²) < 4.78 is 15.5. The van der Waals surface area contributed by atoms with Crippen molar-refractivity contribution in [3.05, 3.63) is 132 Å². The Hall–Kier alpha value is -4.40. The number of carbonyl (C=O) groups excluding carboxylic acids is 1. The maximum atomic E-state index is 14.1. The van der Waals surface area contributed by atoms with Crippen LogP contribution in [-0.2, 0) is 16.1 Å². The predicted octanol–water partition coefficient (Wildman–Crippen LogP) is 5.49. The molecule has 3 heterocycles. The molecule has 212 valence electrons. The van der Waals surface area contributed by atoms with E-state index in [1.54, 1.807) is 24.5 Å². The van der Waals surface area contributed by atoms with E-state index >= 15 is 0 Å². The maximum Gasteiger partial charge on any atom is 0.338 e. The van der Waals surface area contributed by atoms with Crippen molar-refractivity contribution < 1.29 is 14.3 Å². The summed E-state index contributed by atoms with van der Waals surface area (Å²) in [4.78, 5) is 32.4. The number of allylic oxidation sites excluding steroid dienone is 1. The lowest BCUT2D eigenvalue weighted by molar-refractivity contribution is -0.139. The predicted molar refractivity (Wildman–Crippen MR) is 166 cm³/mol. The minimum Gasteiger partial charge on any atom is -0.492 e. The Morgan fingerprint density at radius 3 is 2.57 bits per heavy atom. The monoisotopic (exact) mass is 597 g/mol. The molecule has 9 heteroatoms. The Morgan fingerprint density at radius 1 is 1.05 bits per heavy atom. The fourth-order valence-electron chi connectivity index (χ4n) is 5.28. The van der Waals surface area contributed by atoms with Crippen molar-refractivity contribution in [3.63, 3.8) is 0 Å². The number of esters is 1. The molecule has 0 radical (unpaired) electrons. The highest BCUT2D eigenvalue weighted by Gasteiger charge is 2.34. The number of fused-ring (bicyclic) bond motifs is 2. The van der Waals surface area contributed by atoms with E-state index < -0.39 is 12.0 Å². The van der Waals surface area contributed by atoms with Crippen molar-refractivity contribution in [2.75, 3.05) is 13.2 Å². The molecular formula is C33H28ClN3O4S. The molecule has 2 aromatic heterocycles. The summed E-state index contributed by atoms with van der Waals surface area (Å²) in [7, 11) is 0. The van der Waals surface area contributed by atoms with Crippen molar-refractivity contribution in [2.45, 2.75) is 26.4 Å². The third-order valence-electron chi connectivity index (χ3n) is 7.17. The van der Waals surface area contributed by atoms with Crippen molar-refractivity contribution >= 4 is 45.9 Å². The van der Waals surface area contributed by atoms with Crippen LogP contribution in [0.25, 0.3) is 17.0 Å². The average molecular weight is 598 g/mol. The van der Waals surface area contributed by atoms with Gasteiger partial charge in [0.15, 0.2) is 4.80 Å². The molecule has 0 saturated heterocycles. The van der Waals surface area contributed by atoms with Gasteiger partial charge in [-0.2, -0.15) is 0 Å². The highest BCUT2D eigenvalue weighted by Crippen LogP contribution is 2.34. The zero-order valence-corrected chi connectivity index (χ0v) is 24.7. The molecule has 0 spiro atoms. The molecule has 42 heavy (non-hydrogen) atoms. The number of thiazole rings is 1. The molecule has 7 nitrogen and oxygen atoms in total. The van der Waals surface area contributed by atoms with Crippen LogP contribution in [0.4, 0.5) is 0 Å². The van der Waals surface area contributed by atoms with Gasteiger partial charge in [-0.15, -0.1) is 0 Å². The smallest absolute Gasteiger partial charge is 0.338 e. The molecule has 1 aliphatic heterocycles. The van der Waals surface area contributed by atoms with Crippen molar-refractivity contribution in [2.24, 2.45) is 4.99 Å². The third-order valence-corrected chi connectivity index (χ3v) is 8.49. The molecule has 0 aliphatic carbocycles. The largest absolute Gasteiger partial charge is 0.492 e. The van der Waals surface area contributed by atoms with E-state index in [4.69, 9.17) is 21.1 Å². The number of aromatic nitrogens is 2. The van der Waals surface area contributed by atoms with Gasteiger partial charge < -0.3 is 14.0 Å². The lowest BCUT2D eigenvalue weighted by atomic mass is 9.96. The van der Waals surface area contributed by atoms with Crippen molar-refractivity contribution in [1.29, 1.82) is 0 Å². The Kier molecular flexibility index (Phi) is 7.82. The zero-order chi connectivity index (χ0) is 29.2. The average Bonchev–Trinajstić information content (AvgIpc) is 3.50. The number of halogens is 1. The Morgan fingerprint density at radius 2 is 1.79 bits per heavy atom. The van der Waals surface area contributed by atoms with Crippen LogP contribution in [-0.4, -0.2) is 28.3 Å². The van der Waals surface area contributed by atoms with E-state index in [0.29, 0.717) is 44.3 Å². The standard InChI is InChI=1S/C33H28ClN3O4S/c1-3-40-32(39)29-21(2)35-33-37(30(29)25-14-7-9-15-26(25)34)31(38)28(42-33)19-22-20-36(27-16-10-8-13-24(22)27)17-18-41-23-11-5-4-6-12-23/h4-16,19-20,30H,3,17-18H2,1-2H3/b28-19+/t30-/m0/s1. The molecule has 0 amide bonds. The number of benzene rings is 3. The topological polar surface area (TPSA) is 74.8 Å². The molecule has 0 bridgehead atoms. The van der Waals surface area contributed by atoms with Gasteiger partial charge in [0.2, 0.25) is 0 Å². The molecule has 0 N–H and O–H groups in total. The van der Waals surface area contributed by atoms with Crippen molar-refractivity contribution in [3.8, 4) is 5.75 Å². The summed E-state index contributed by atoms with van der Waals surface area (Å²) in [6.07, 6.45) is 3.94. The van der Waals surface area contributed by atoms with E-state index in [9.17, 15) is 9.59 Å². The fourth-order valence-corrected chi connectivity index (χ4v) is 6.55. The van der Waals surface area contributed by atoms with Gasteiger partial charge in [0, 0.05) is 27.7 Å². The molecule has 0 fully saturated rings. The first-order chi connectivity index (χ1) is 20.5. The van der Waals surface area contributed by atoms with E-state index in [1.807, 2.05) is 79.0 Å². The van der Waals surface area contributed by atoms with Crippen LogP contribution in [0.3, 0.4) is 0 Å². The quantitative estimate of drug-likeness (QED) is 0.222. The number of hydrogen-bond donors (Lipinski definition) is 0. The van der Waals surface area contributed by atoms with Gasteiger partial charge in [0.25, 0.3) is 5.56 Å². The van der Waals surface area contributed by atoms with Crippen LogP contribution in [0.5, 0.6) is 5.75 Å². The van der Waals surface area contributed by atoms with E-state index in [-0.39, 0.29) is 12.2 Å². The zero-order valence-electron chi connectivity index (χ0n) is 23.1. The first kappa shape index (κ1) is 27.8. The molecule has 0 saturated carbocycles. The summed E-state index contributed by atoms with van der Waals surface area (Å²) in [5.41, 5.74) is 3.15. The summed E-state index contributed by atoms with van der Waals surface area (Å²) in [5.74, 6) is 0.305. The Labute approximate surface area is 251 Å². The van der Waals surface area contributed by atoms with Crippen LogP contribution in [0, 0.1) is 0 Å². The molecule has 1 aliphatic rings. The minimum absolute atomic E-state index is 0.204. The van der Waals surface area contributed by atoms with Crippen LogP contribution in [0.1, 0.15) is 31.0 Å². The highest BCUT2D eigenvalue weighted by atomic mass is 35.5. The molecular weight excluding hydrogens is 570 g/mol. The second-order valence-electron chi connectivity index (χ2n) is 9.78. The highest BCUT2D eigenvalue weighted by molar-refractivity contribution is 7.07. The number of para-hydroxylation sites is 2. The van der Waals surface area contributed by atoms with E-state index in [1.165, 1.54) is 11.3 Å². The first-order valence-electron chi connectivity index (χ1n) is 13.7. The lowest BCUT2D eigenvalue weighted by Crippen LogP contribution is -2.40. The van der Waals surface area contributed by atoms with Crippen LogP contribution < -0.4 is 19.6 Å². The number of rotatable bonds is 8. The summed E-state index contributed by atoms with van der Waals surface area (Å²) >= 11 is 7.91. The summed E-state index contributed by atoms with van der Waals surface area (Å²) in [6, 6.07) is 24.3. The molecule has 6 rings (SSSR count). The second-order valence-corrected chi connectivity index (χ2v) is 11.2. The van der Waals surface area contributed by atoms with Crippen molar-refractivity contribution in [1.82, 2.24) is 9.13 Å². The van der Waals surface area contributed by atoms with E-state index in [2.05, 4.69) is 15.6 Å². The number of hydrogen-bond acceptors (Lipinski definition) is 6. The van der Waals surface area contributed by atoms with E-state index in [0.717, 1.165) is 22.2 Å². The lowest BCUT2D eigenvalue weighted by Gasteiger charge is -2.25. The fraction of sp³-hybridized carbons (Fsp3) is 0.182. The van der Waals surface area contributed by atoms with Crippen LogP contribution >= 0.6 is 22.9 Å². The van der Waals surface area contributed by atoms with Gasteiger partial charge in [0.1, 0.15) is 18.4 Å². The minimum atomic E-state index is -0.757. The van der Waals surface area contributed by atoms with Gasteiger partial charge in [-0.25, -0.2) is 9.79 Å². The number of ether oxygens (including phenoxy) is 2. The Balaban J connectivity index is 1.44. The third kappa shape index (κ3) is 5.19.